The van der Waals surface area contributed by atoms with Crippen LogP contribution >= 0.6 is 0 Å². The fourth-order valence-electron chi connectivity index (χ4n) is 3.70. The van der Waals surface area contributed by atoms with Gasteiger partial charge >= 0.3 is 0 Å². The van der Waals surface area contributed by atoms with E-state index >= 15 is 0 Å². The maximum atomic E-state index is 13.0. The Bertz CT molecular complexity index is 1160. The summed E-state index contributed by atoms with van der Waals surface area (Å²) in [5.74, 6) is 0.419. The normalized spacial score (nSPS) is 12.9. The summed E-state index contributed by atoms with van der Waals surface area (Å²) in [6.45, 7) is 1.56. The molecule has 0 spiro atoms. The second kappa shape index (κ2) is 9.35. The molecule has 0 bridgehead atoms. The lowest BCUT2D eigenvalue weighted by Gasteiger charge is -2.20. The maximum Gasteiger partial charge on any atom is 0.259 e. The van der Waals surface area contributed by atoms with Crippen LogP contribution in [-0.2, 0) is 24.3 Å². The molecule has 4 rings (SSSR count). The van der Waals surface area contributed by atoms with Crippen molar-refractivity contribution in [2.75, 3.05) is 19.0 Å². The van der Waals surface area contributed by atoms with Gasteiger partial charge in [-0.2, -0.15) is 10.4 Å². The van der Waals surface area contributed by atoms with E-state index in [0.29, 0.717) is 42.2 Å². The van der Waals surface area contributed by atoms with Crippen molar-refractivity contribution in [1.29, 1.82) is 5.26 Å². The lowest BCUT2D eigenvalue weighted by atomic mass is 10.1. The van der Waals surface area contributed by atoms with Crippen LogP contribution < -0.4 is 10.1 Å². The summed E-state index contributed by atoms with van der Waals surface area (Å²) < 4.78 is 6.95. The number of aromatic nitrogens is 2. The van der Waals surface area contributed by atoms with Gasteiger partial charge in [-0.1, -0.05) is 12.1 Å². The highest BCUT2D eigenvalue weighted by Crippen LogP contribution is 2.20. The SMILES string of the molecule is COc1ccc(NC(=O)c2cnn3c2CN(C(=O)Cc2ccc(C#N)cc2)CCC3)cc1. The quantitative estimate of drug-likeness (QED) is 0.672. The van der Waals surface area contributed by atoms with E-state index < -0.39 is 0 Å². The number of nitrogens with one attached hydrogen (secondary N) is 1. The van der Waals surface area contributed by atoms with E-state index in [2.05, 4.69) is 16.5 Å². The number of ether oxygens (including phenoxy) is 1. The minimum absolute atomic E-state index is 0.0223. The highest BCUT2D eigenvalue weighted by atomic mass is 16.5. The van der Waals surface area contributed by atoms with Gasteiger partial charge in [0, 0.05) is 18.8 Å². The molecule has 0 aliphatic carbocycles. The molecule has 0 atom stereocenters. The van der Waals surface area contributed by atoms with Crippen molar-refractivity contribution in [1.82, 2.24) is 14.7 Å². The molecule has 0 saturated heterocycles. The Morgan fingerprint density at radius 1 is 1.12 bits per heavy atom. The highest BCUT2D eigenvalue weighted by molar-refractivity contribution is 6.05. The van der Waals surface area contributed by atoms with Gasteiger partial charge in [-0.3, -0.25) is 14.3 Å². The molecule has 8 nitrogen and oxygen atoms in total. The van der Waals surface area contributed by atoms with Gasteiger partial charge in [-0.05, 0) is 48.4 Å². The van der Waals surface area contributed by atoms with Gasteiger partial charge in [0.05, 0.1) is 49.2 Å². The highest BCUT2D eigenvalue weighted by Gasteiger charge is 2.25. The van der Waals surface area contributed by atoms with Crippen molar-refractivity contribution in [3.63, 3.8) is 0 Å². The Labute approximate surface area is 186 Å². The molecule has 0 saturated carbocycles. The fourth-order valence-corrected chi connectivity index (χ4v) is 3.70. The predicted molar refractivity (Wildman–Crippen MR) is 118 cm³/mol. The molecule has 162 valence electrons. The number of benzene rings is 2. The molecule has 3 aromatic rings. The molecule has 2 heterocycles. The van der Waals surface area contributed by atoms with Gasteiger partial charge < -0.3 is 15.0 Å². The zero-order valence-electron chi connectivity index (χ0n) is 17.7. The van der Waals surface area contributed by atoms with Crippen LogP contribution in [-0.4, -0.2) is 40.1 Å². The summed E-state index contributed by atoms with van der Waals surface area (Å²) in [6, 6.07) is 16.2. The standard InChI is InChI=1S/C24H23N5O3/c1-32-20-9-7-19(8-10-20)27-24(31)21-15-26-29-12-2-11-28(16-22(21)29)23(30)13-17-3-5-18(14-25)6-4-17/h3-10,15H,2,11-13,16H2,1H3,(H,27,31). The van der Waals surface area contributed by atoms with E-state index in [9.17, 15) is 9.59 Å². The van der Waals surface area contributed by atoms with Crippen LogP contribution in [0.3, 0.4) is 0 Å². The first-order valence-electron chi connectivity index (χ1n) is 10.3. The summed E-state index contributed by atoms with van der Waals surface area (Å²) in [5, 5.41) is 16.2. The molecule has 8 heteroatoms. The van der Waals surface area contributed by atoms with Crippen LogP contribution in [0, 0.1) is 11.3 Å². The summed E-state index contributed by atoms with van der Waals surface area (Å²) >= 11 is 0. The Kier molecular flexibility index (Phi) is 6.17. The van der Waals surface area contributed by atoms with Crippen molar-refractivity contribution >= 4 is 17.5 Å². The number of carbonyl (C=O) groups excluding carboxylic acids is 2. The third-order valence-corrected chi connectivity index (χ3v) is 5.47. The average molecular weight is 429 g/mol. The number of anilines is 1. The van der Waals surface area contributed by atoms with E-state index in [0.717, 1.165) is 17.7 Å². The molecule has 1 N–H and O–H groups in total. The van der Waals surface area contributed by atoms with Crippen LogP contribution in [0.4, 0.5) is 5.69 Å². The first-order chi connectivity index (χ1) is 15.6. The van der Waals surface area contributed by atoms with Gasteiger partial charge in [0.25, 0.3) is 5.91 Å². The Morgan fingerprint density at radius 3 is 2.56 bits per heavy atom. The first kappa shape index (κ1) is 21.1. The molecule has 1 aromatic heterocycles. The third-order valence-electron chi connectivity index (χ3n) is 5.47. The molecule has 0 unspecified atom stereocenters. The molecule has 1 aliphatic heterocycles. The number of amides is 2. The number of hydrogen-bond donors (Lipinski definition) is 1. The van der Waals surface area contributed by atoms with Gasteiger partial charge in [0.15, 0.2) is 0 Å². The van der Waals surface area contributed by atoms with Crippen LogP contribution in [0.5, 0.6) is 5.75 Å². The summed E-state index contributed by atoms with van der Waals surface area (Å²) in [7, 11) is 1.59. The van der Waals surface area contributed by atoms with Crippen LogP contribution in [0.1, 0.15) is 33.6 Å². The topological polar surface area (TPSA) is 100 Å². The first-order valence-corrected chi connectivity index (χ1v) is 10.3. The largest absolute Gasteiger partial charge is 0.497 e. The fraction of sp³-hybridized carbons (Fsp3) is 0.250. The number of aryl methyl sites for hydroxylation is 1. The molecule has 0 fully saturated rings. The monoisotopic (exact) mass is 429 g/mol. The minimum atomic E-state index is -0.266. The van der Waals surface area contributed by atoms with E-state index in [1.807, 2.05) is 0 Å². The van der Waals surface area contributed by atoms with Gasteiger partial charge in [-0.25, -0.2) is 0 Å². The molecule has 32 heavy (non-hydrogen) atoms. The number of rotatable bonds is 5. The molecular weight excluding hydrogens is 406 g/mol. The Balaban J connectivity index is 1.48. The zero-order chi connectivity index (χ0) is 22.5. The maximum absolute atomic E-state index is 13.0. The average Bonchev–Trinajstić information content (AvgIpc) is 3.09. The Morgan fingerprint density at radius 2 is 1.88 bits per heavy atom. The number of methoxy groups -OCH3 is 1. The predicted octanol–water partition coefficient (Wildman–Crippen LogP) is 2.99. The van der Waals surface area contributed by atoms with Crippen molar-refractivity contribution in [3.8, 4) is 11.8 Å². The lowest BCUT2D eigenvalue weighted by Crippen LogP contribution is -2.32. The number of hydrogen-bond acceptors (Lipinski definition) is 5. The number of nitrogens with zero attached hydrogens (tertiary/aromatic N) is 4. The molecular formula is C24H23N5O3. The number of fused-ring (bicyclic) bond motifs is 1. The molecule has 2 amide bonds. The van der Waals surface area contributed by atoms with Crippen molar-refractivity contribution in [3.05, 3.63) is 77.1 Å². The smallest absolute Gasteiger partial charge is 0.259 e. The van der Waals surface area contributed by atoms with E-state index in [4.69, 9.17) is 10.00 Å². The van der Waals surface area contributed by atoms with Gasteiger partial charge in [-0.15, -0.1) is 0 Å². The molecule has 2 aromatic carbocycles. The molecule has 1 aliphatic rings. The summed E-state index contributed by atoms with van der Waals surface area (Å²) in [4.78, 5) is 27.6. The van der Waals surface area contributed by atoms with Crippen molar-refractivity contribution in [2.24, 2.45) is 0 Å². The third kappa shape index (κ3) is 4.62. The van der Waals surface area contributed by atoms with Crippen molar-refractivity contribution < 1.29 is 14.3 Å². The van der Waals surface area contributed by atoms with Crippen LogP contribution in [0.25, 0.3) is 0 Å². The van der Waals surface area contributed by atoms with Gasteiger partial charge in [0.2, 0.25) is 5.91 Å². The number of carbonyl (C=O) groups is 2. The van der Waals surface area contributed by atoms with Crippen LogP contribution in [0.2, 0.25) is 0 Å². The van der Waals surface area contributed by atoms with Crippen LogP contribution in [0.15, 0.2) is 54.7 Å². The zero-order valence-corrected chi connectivity index (χ0v) is 17.7. The summed E-state index contributed by atoms with van der Waals surface area (Å²) in [5.41, 5.74) is 3.25. The second-order valence-electron chi connectivity index (χ2n) is 7.57. The number of nitriles is 1. The van der Waals surface area contributed by atoms with E-state index in [1.165, 1.54) is 0 Å². The molecule has 0 radical (unpaired) electrons. The lowest BCUT2D eigenvalue weighted by molar-refractivity contribution is -0.131. The van der Waals surface area contributed by atoms with Gasteiger partial charge in [0.1, 0.15) is 5.75 Å². The van der Waals surface area contributed by atoms with E-state index in [-0.39, 0.29) is 18.2 Å². The summed E-state index contributed by atoms with van der Waals surface area (Å²) in [6.07, 6.45) is 2.56. The Hall–Kier alpha value is -4.12. The second-order valence-corrected chi connectivity index (χ2v) is 7.57. The van der Waals surface area contributed by atoms with E-state index in [1.54, 1.807) is 71.4 Å². The van der Waals surface area contributed by atoms with Crippen molar-refractivity contribution in [2.45, 2.75) is 25.9 Å². The minimum Gasteiger partial charge on any atom is -0.497 e.